The van der Waals surface area contributed by atoms with Gasteiger partial charge in [-0.25, -0.2) is 4.79 Å². The molecular weight excluding hydrogens is 182 g/mol. The number of fused-ring (bicyclic) bond motifs is 1. The van der Waals surface area contributed by atoms with Crippen molar-refractivity contribution in [3.05, 3.63) is 29.3 Å². The van der Waals surface area contributed by atoms with Crippen LogP contribution in [0.3, 0.4) is 0 Å². The molecule has 0 radical (unpaired) electrons. The minimum absolute atomic E-state index is 0.0548. The van der Waals surface area contributed by atoms with Crippen LogP contribution in [0.2, 0.25) is 0 Å². The first-order valence-corrected chi connectivity index (χ1v) is 4.45. The number of nitrogens with zero attached hydrogens (tertiary/aromatic N) is 1. The number of carbonyl (C=O) groups is 1. The zero-order valence-corrected chi connectivity index (χ0v) is 7.60. The maximum atomic E-state index is 10.8. The summed E-state index contributed by atoms with van der Waals surface area (Å²) in [4.78, 5) is 12.1. The van der Waals surface area contributed by atoms with Gasteiger partial charge >= 0.3 is 6.09 Å². The van der Waals surface area contributed by atoms with E-state index in [0.717, 1.165) is 17.5 Å². The van der Waals surface area contributed by atoms with Gasteiger partial charge in [-0.15, -0.1) is 0 Å². The van der Waals surface area contributed by atoms with Gasteiger partial charge in [0.05, 0.1) is 12.3 Å². The van der Waals surface area contributed by atoms with E-state index in [1.807, 2.05) is 12.1 Å². The van der Waals surface area contributed by atoms with Crippen molar-refractivity contribution in [3.8, 4) is 0 Å². The molecule has 2 N–H and O–H groups in total. The first kappa shape index (κ1) is 9.02. The minimum atomic E-state index is -0.932. The zero-order valence-electron chi connectivity index (χ0n) is 7.60. The summed E-state index contributed by atoms with van der Waals surface area (Å²) in [6, 6.07) is 5.43. The molecule has 0 atom stereocenters. The molecular formula is C10H11NO3. The summed E-state index contributed by atoms with van der Waals surface area (Å²) in [5.41, 5.74) is 2.49. The summed E-state index contributed by atoms with van der Waals surface area (Å²) in [5.74, 6) is 0. The minimum Gasteiger partial charge on any atom is -0.465 e. The molecule has 74 valence electrons. The highest BCUT2D eigenvalue weighted by Crippen LogP contribution is 2.28. The Hall–Kier alpha value is -1.55. The summed E-state index contributed by atoms with van der Waals surface area (Å²) in [6.45, 7) is 0.459. The number of hydrogen-bond acceptors (Lipinski definition) is 2. The van der Waals surface area contributed by atoms with Gasteiger partial charge in [0.15, 0.2) is 0 Å². The third-order valence-electron chi connectivity index (χ3n) is 2.46. The first-order chi connectivity index (χ1) is 6.72. The molecule has 0 aromatic heterocycles. The first-order valence-electron chi connectivity index (χ1n) is 4.45. The smallest absolute Gasteiger partial charge is 0.411 e. The van der Waals surface area contributed by atoms with Crippen LogP contribution >= 0.6 is 0 Å². The van der Waals surface area contributed by atoms with E-state index in [2.05, 4.69) is 0 Å². The molecule has 1 aromatic rings. The van der Waals surface area contributed by atoms with E-state index in [9.17, 15) is 4.79 Å². The molecule has 1 amide bonds. The van der Waals surface area contributed by atoms with Crippen molar-refractivity contribution in [2.24, 2.45) is 0 Å². The molecule has 0 unspecified atom stereocenters. The van der Waals surface area contributed by atoms with Crippen molar-refractivity contribution < 1.29 is 15.0 Å². The molecule has 0 saturated heterocycles. The SMILES string of the molecule is O=C(O)N1CCc2ccc(CO)cc21. The van der Waals surface area contributed by atoms with Gasteiger partial charge in [0.1, 0.15) is 0 Å². The van der Waals surface area contributed by atoms with Crippen LogP contribution in [0.5, 0.6) is 0 Å². The number of amides is 1. The van der Waals surface area contributed by atoms with Crippen molar-refractivity contribution in [2.45, 2.75) is 13.0 Å². The van der Waals surface area contributed by atoms with Gasteiger partial charge in [0, 0.05) is 6.54 Å². The molecule has 1 heterocycles. The topological polar surface area (TPSA) is 60.8 Å². The van der Waals surface area contributed by atoms with E-state index < -0.39 is 6.09 Å². The normalized spacial score (nSPS) is 14.2. The number of anilines is 1. The van der Waals surface area contributed by atoms with E-state index in [1.54, 1.807) is 6.07 Å². The Morgan fingerprint density at radius 2 is 2.29 bits per heavy atom. The Morgan fingerprint density at radius 3 is 2.93 bits per heavy atom. The molecule has 0 fully saturated rings. The summed E-state index contributed by atoms with van der Waals surface area (Å²) in [5, 5.41) is 17.8. The summed E-state index contributed by atoms with van der Waals surface area (Å²) in [7, 11) is 0. The second-order valence-corrected chi connectivity index (χ2v) is 3.31. The average Bonchev–Trinajstić information content (AvgIpc) is 2.59. The van der Waals surface area contributed by atoms with E-state index in [1.165, 1.54) is 4.90 Å². The average molecular weight is 193 g/mol. The quantitative estimate of drug-likeness (QED) is 0.705. The zero-order chi connectivity index (χ0) is 10.1. The lowest BCUT2D eigenvalue weighted by molar-refractivity contribution is 0.202. The molecule has 4 nitrogen and oxygen atoms in total. The number of hydrogen-bond donors (Lipinski definition) is 2. The predicted molar refractivity (Wildman–Crippen MR) is 51.4 cm³/mol. The molecule has 1 aromatic carbocycles. The standard InChI is InChI=1S/C10H11NO3/c12-6-7-1-2-8-3-4-11(10(13)14)9(8)5-7/h1-2,5,12H,3-4,6H2,(H,13,14). The number of carboxylic acid groups (broad SMARTS) is 1. The van der Waals surface area contributed by atoms with Gasteiger partial charge in [-0.3, -0.25) is 4.90 Å². The highest BCUT2D eigenvalue weighted by atomic mass is 16.4. The van der Waals surface area contributed by atoms with Crippen molar-refractivity contribution >= 4 is 11.8 Å². The van der Waals surface area contributed by atoms with Crippen molar-refractivity contribution in [1.82, 2.24) is 0 Å². The molecule has 0 saturated carbocycles. The fourth-order valence-corrected chi connectivity index (χ4v) is 1.72. The maximum absolute atomic E-state index is 10.8. The van der Waals surface area contributed by atoms with Gasteiger partial charge in [-0.05, 0) is 23.6 Å². The van der Waals surface area contributed by atoms with E-state index in [-0.39, 0.29) is 6.61 Å². The lowest BCUT2D eigenvalue weighted by Crippen LogP contribution is -2.26. The number of aliphatic hydroxyl groups is 1. The predicted octanol–water partition coefficient (Wildman–Crippen LogP) is 1.22. The van der Waals surface area contributed by atoms with E-state index >= 15 is 0 Å². The maximum Gasteiger partial charge on any atom is 0.411 e. The Labute approximate surface area is 81.4 Å². The molecule has 0 aliphatic carbocycles. The van der Waals surface area contributed by atoms with Gasteiger partial charge in [-0.1, -0.05) is 12.1 Å². The van der Waals surface area contributed by atoms with Crippen LogP contribution in [-0.2, 0) is 13.0 Å². The molecule has 0 bridgehead atoms. The highest BCUT2D eigenvalue weighted by molar-refractivity contribution is 5.89. The third kappa shape index (κ3) is 1.33. The van der Waals surface area contributed by atoms with Gasteiger partial charge in [0.25, 0.3) is 0 Å². The van der Waals surface area contributed by atoms with Gasteiger partial charge < -0.3 is 10.2 Å². The summed E-state index contributed by atoms with van der Waals surface area (Å²) in [6.07, 6.45) is -0.174. The second kappa shape index (κ2) is 3.31. The van der Waals surface area contributed by atoms with Crippen LogP contribution in [0.4, 0.5) is 10.5 Å². The van der Waals surface area contributed by atoms with Crippen LogP contribution in [0.1, 0.15) is 11.1 Å². The molecule has 1 aliphatic heterocycles. The molecule has 0 spiro atoms. The Kier molecular flexibility index (Phi) is 2.13. The van der Waals surface area contributed by atoms with Crippen LogP contribution < -0.4 is 4.90 Å². The van der Waals surface area contributed by atoms with Crippen LogP contribution in [-0.4, -0.2) is 22.9 Å². The van der Waals surface area contributed by atoms with Gasteiger partial charge in [-0.2, -0.15) is 0 Å². The number of benzene rings is 1. The highest BCUT2D eigenvalue weighted by Gasteiger charge is 2.23. The van der Waals surface area contributed by atoms with E-state index in [4.69, 9.17) is 10.2 Å². The van der Waals surface area contributed by atoms with Crippen molar-refractivity contribution in [3.63, 3.8) is 0 Å². The van der Waals surface area contributed by atoms with Crippen LogP contribution in [0.15, 0.2) is 18.2 Å². The largest absolute Gasteiger partial charge is 0.465 e. The molecule has 1 aliphatic rings. The Balaban J connectivity index is 2.41. The molecule has 2 rings (SSSR count). The van der Waals surface area contributed by atoms with Crippen molar-refractivity contribution in [1.29, 1.82) is 0 Å². The van der Waals surface area contributed by atoms with Gasteiger partial charge in [0.2, 0.25) is 0 Å². The van der Waals surface area contributed by atoms with Crippen molar-refractivity contribution in [2.75, 3.05) is 11.4 Å². The Morgan fingerprint density at radius 1 is 1.50 bits per heavy atom. The monoisotopic (exact) mass is 193 g/mol. The van der Waals surface area contributed by atoms with E-state index in [0.29, 0.717) is 12.2 Å². The lowest BCUT2D eigenvalue weighted by atomic mass is 10.1. The number of aliphatic hydroxyl groups excluding tert-OH is 1. The van der Waals surface area contributed by atoms with Crippen LogP contribution in [0.25, 0.3) is 0 Å². The number of rotatable bonds is 1. The Bertz CT molecular complexity index is 376. The summed E-state index contributed by atoms with van der Waals surface area (Å²) >= 11 is 0. The fourth-order valence-electron chi connectivity index (χ4n) is 1.72. The van der Waals surface area contributed by atoms with Crippen LogP contribution in [0, 0.1) is 0 Å². The second-order valence-electron chi connectivity index (χ2n) is 3.31. The summed E-state index contributed by atoms with van der Waals surface area (Å²) < 4.78 is 0. The lowest BCUT2D eigenvalue weighted by Gasteiger charge is -2.12. The fraction of sp³-hybridized carbons (Fsp3) is 0.300. The molecule has 4 heteroatoms. The third-order valence-corrected chi connectivity index (χ3v) is 2.46. The molecule has 14 heavy (non-hydrogen) atoms.